The van der Waals surface area contributed by atoms with Crippen molar-refractivity contribution in [3.8, 4) is 10.4 Å². The standard InChI is InChI=1S/C24H29N5O2S/c1-24(2,3)31-23(30)29-13-11-17(12-14-29)15-19-9-10-21(28-27-19)26-22-25-16-20(32-22)18-7-5-4-6-8-18/h4-10,16-17H,11-15H2,1-3H3,(H,25,26,28). The number of hydrogen-bond donors (Lipinski definition) is 1. The molecule has 3 heterocycles. The van der Waals surface area contributed by atoms with E-state index in [1.807, 2.05) is 57.3 Å². The summed E-state index contributed by atoms with van der Waals surface area (Å²) in [6.07, 6.45) is 4.41. The second-order valence-corrected chi connectivity index (χ2v) is 10.1. The molecule has 8 heteroatoms. The zero-order chi connectivity index (χ0) is 22.6. The Morgan fingerprint density at radius 2 is 1.88 bits per heavy atom. The van der Waals surface area contributed by atoms with E-state index in [4.69, 9.17) is 4.74 Å². The van der Waals surface area contributed by atoms with Crippen molar-refractivity contribution in [3.05, 3.63) is 54.4 Å². The van der Waals surface area contributed by atoms with E-state index < -0.39 is 5.60 Å². The zero-order valence-corrected chi connectivity index (χ0v) is 19.6. The predicted molar refractivity (Wildman–Crippen MR) is 127 cm³/mol. The van der Waals surface area contributed by atoms with Gasteiger partial charge in [0, 0.05) is 19.3 Å². The fourth-order valence-corrected chi connectivity index (χ4v) is 4.48. The Kier molecular flexibility index (Phi) is 6.69. The van der Waals surface area contributed by atoms with E-state index in [1.54, 1.807) is 16.2 Å². The van der Waals surface area contributed by atoms with Crippen LogP contribution in [0.1, 0.15) is 39.3 Å². The van der Waals surface area contributed by atoms with Crippen molar-refractivity contribution >= 4 is 28.4 Å². The highest BCUT2D eigenvalue weighted by Gasteiger charge is 2.27. The molecule has 1 saturated heterocycles. The van der Waals surface area contributed by atoms with Gasteiger partial charge in [0.1, 0.15) is 5.60 Å². The number of anilines is 2. The summed E-state index contributed by atoms with van der Waals surface area (Å²) in [4.78, 5) is 19.6. The van der Waals surface area contributed by atoms with Crippen molar-refractivity contribution in [3.63, 3.8) is 0 Å². The topological polar surface area (TPSA) is 80.2 Å². The summed E-state index contributed by atoms with van der Waals surface area (Å²) < 4.78 is 5.47. The molecule has 1 N–H and O–H groups in total. The molecular weight excluding hydrogens is 422 g/mol. The highest BCUT2D eigenvalue weighted by Crippen LogP contribution is 2.30. The molecule has 0 saturated carbocycles. The second kappa shape index (κ2) is 9.65. The zero-order valence-electron chi connectivity index (χ0n) is 18.7. The molecular formula is C24H29N5O2S. The van der Waals surface area contributed by atoms with Crippen molar-refractivity contribution in [1.29, 1.82) is 0 Å². The summed E-state index contributed by atoms with van der Waals surface area (Å²) in [5, 5.41) is 12.8. The number of aromatic nitrogens is 3. The van der Waals surface area contributed by atoms with Gasteiger partial charge < -0.3 is 15.0 Å². The molecule has 168 valence electrons. The van der Waals surface area contributed by atoms with Crippen LogP contribution in [0.15, 0.2) is 48.7 Å². The lowest BCUT2D eigenvalue weighted by atomic mass is 9.92. The third-order valence-electron chi connectivity index (χ3n) is 5.28. The Hall–Kier alpha value is -3.00. The highest BCUT2D eigenvalue weighted by molar-refractivity contribution is 7.18. The minimum atomic E-state index is -0.457. The summed E-state index contributed by atoms with van der Waals surface area (Å²) in [5.41, 5.74) is 1.66. The molecule has 0 bridgehead atoms. The van der Waals surface area contributed by atoms with Crippen LogP contribution in [-0.4, -0.2) is 44.9 Å². The van der Waals surface area contributed by atoms with Crippen molar-refractivity contribution in [2.45, 2.75) is 45.6 Å². The first-order valence-electron chi connectivity index (χ1n) is 10.9. The first-order valence-corrected chi connectivity index (χ1v) is 11.8. The molecule has 2 aromatic heterocycles. The van der Waals surface area contributed by atoms with Gasteiger partial charge in [0.05, 0.1) is 10.6 Å². The molecule has 3 aromatic rings. The molecule has 7 nitrogen and oxygen atoms in total. The number of nitrogens with one attached hydrogen (secondary N) is 1. The largest absolute Gasteiger partial charge is 0.444 e. The Morgan fingerprint density at radius 1 is 1.12 bits per heavy atom. The van der Waals surface area contributed by atoms with Gasteiger partial charge >= 0.3 is 6.09 Å². The van der Waals surface area contributed by atoms with Gasteiger partial charge in [-0.1, -0.05) is 41.7 Å². The number of nitrogens with zero attached hydrogens (tertiary/aromatic N) is 4. The average molecular weight is 452 g/mol. The molecule has 1 fully saturated rings. The average Bonchev–Trinajstić information content (AvgIpc) is 3.24. The number of thiazole rings is 1. The van der Waals surface area contributed by atoms with E-state index in [0.29, 0.717) is 11.7 Å². The number of piperidine rings is 1. The fourth-order valence-electron chi connectivity index (χ4n) is 3.65. The third kappa shape index (κ3) is 6.03. The first-order chi connectivity index (χ1) is 15.4. The number of carbonyl (C=O) groups is 1. The number of likely N-dealkylation sites (tertiary alicyclic amines) is 1. The van der Waals surface area contributed by atoms with Gasteiger partial charge in [-0.05, 0) is 63.6 Å². The molecule has 0 radical (unpaired) electrons. The van der Waals surface area contributed by atoms with E-state index in [0.717, 1.165) is 53.6 Å². The minimum Gasteiger partial charge on any atom is -0.444 e. The van der Waals surface area contributed by atoms with Crippen LogP contribution in [0, 0.1) is 5.92 Å². The maximum Gasteiger partial charge on any atom is 0.410 e. The predicted octanol–water partition coefficient (Wildman–Crippen LogP) is 5.53. The Morgan fingerprint density at radius 3 is 2.53 bits per heavy atom. The van der Waals surface area contributed by atoms with E-state index in [1.165, 1.54) is 0 Å². The molecule has 0 unspecified atom stereocenters. The molecule has 1 aliphatic heterocycles. The number of rotatable bonds is 5. The molecule has 32 heavy (non-hydrogen) atoms. The summed E-state index contributed by atoms with van der Waals surface area (Å²) in [5.74, 6) is 1.18. The number of hydrogen-bond acceptors (Lipinski definition) is 7. The van der Waals surface area contributed by atoms with E-state index in [-0.39, 0.29) is 6.09 Å². The number of carbonyl (C=O) groups excluding carboxylic acids is 1. The summed E-state index contributed by atoms with van der Waals surface area (Å²) in [6.45, 7) is 7.13. The quantitative estimate of drug-likeness (QED) is 0.549. The Labute approximate surface area is 192 Å². The lowest BCUT2D eigenvalue weighted by molar-refractivity contribution is 0.0184. The van der Waals surface area contributed by atoms with Crippen LogP contribution in [0.3, 0.4) is 0 Å². The maximum atomic E-state index is 12.2. The van der Waals surface area contributed by atoms with Crippen LogP contribution >= 0.6 is 11.3 Å². The van der Waals surface area contributed by atoms with Crippen molar-refractivity contribution in [1.82, 2.24) is 20.1 Å². The lowest BCUT2D eigenvalue weighted by Crippen LogP contribution is -2.42. The Balaban J connectivity index is 1.27. The van der Waals surface area contributed by atoms with Crippen LogP contribution in [0.4, 0.5) is 15.7 Å². The highest BCUT2D eigenvalue weighted by atomic mass is 32.1. The SMILES string of the molecule is CC(C)(C)OC(=O)N1CCC(Cc2ccc(Nc3ncc(-c4ccccc4)s3)nn2)CC1. The summed E-state index contributed by atoms with van der Waals surface area (Å²) >= 11 is 1.59. The van der Waals surface area contributed by atoms with Gasteiger partial charge in [0.25, 0.3) is 0 Å². The summed E-state index contributed by atoms with van der Waals surface area (Å²) in [7, 11) is 0. The third-order valence-corrected chi connectivity index (χ3v) is 6.24. The van der Waals surface area contributed by atoms with Gasteiger partial charge in [-0.15, -0.1) is 5.10 Å². The van der Waals surface area contributed by atoms with Crippen molar-refractivity contribution < 1.29 is 9.53 Å². The van der Waals surface area contributed by atoms with E-state index in [2.05, 4.69) is 32.6 Å². The van der Waals surface area contributed by atoms with Crippen LogP contribution in [0.5, 0.6) is 0 Å². The minimum absolute atomic E-state index is 0.219. The molecule has 0 atom stereocenters. The van der Waals surface area contributed by atoms with Gasteiger partial charge in [-0.3, -0.25) is 0 Å². The molecule has 1 aromatic carbocycles. The van der Waals surface area contributed by atoms with Crippen molar-refractivity contribution in [2.75, 3.05) is 18.4 Å². The van der Waals surface area contributed by atoms with Crippen LogP contribution < -0.4 is 5.32 Å². The molecule has 0 spiro atoms. The van der Waals surface area contributed by atoms with Gasteiger partial charge in [-0.2, -0.15) is 5.10 Å². The molecule has 1 aliphatic rings. The number of benzene rings is 1. The van der Waals surface area contributed by atoms with Crippen LogP contribution in [-0.2, 0) is 11.2 Å². The number of amides is 1. The monoisotopic (exact) mass is 451 g/mol. The fraction of sp³-hybridized carbons (Fsp3) is 0.417. The Bertz CT molecular complexity index is 1020. The van der Waals surface area contributed by atoms with E-state index in [9.17, 15) is 4.79 Å². The number of ether oxygens (including phenoxy) is 1. The van der Waals surface area contributed by atoms with Crippen LogP contribution in [0.25, 0.3) is 10.4 Å². The molecule has 1 amide bonds. The molecule has 4 rings (SSSR count). The van der Waals surface area contributed by atoms with E-state index >= 15 is 0 Å². The van der Waals surface area contributed by atoms with Gasteiger partial charge in [0.2, 0.25) is 0 Å². The first kappa shape index (κ1) is 22.2. The van der Waals surface area contributed by atoms with Gasteiger partial charge in [-0.25, -0.2) is 9.78 Å². The normalized spacial score (nSPS) is 14.9. The lowest BCUT2D eigenvalue weighted by Gasteiger charge is -2.33. The van der Waals surface area contributed by atoms with Crippen molar-refractivity contribution in [2.24, 2.45) is 5.92 Å². The smallest absolute Gasteiger partial charge is 0.410 e. The maximum absolute atomic E-state index is 12.2. The summed E-state index contributed by atoms with van der Waals surface area (Å²) in [6, 6.07) is 14.2. The second-order valence-electron chi connectivity index (χ2n) is 9.05. The van der Waals surface area contributed by atoms with Gasteiger partial charge in [0.15, 0.2) is 10.9 Å². The van der Waals surface area contributed by atoms with Crippen LogP contribution in [0.2, 0.25) is 0 Å². The molecule has 0 aliphatic carbocycles.